The SMILES string of the molecule is Cc1cccc(COc2ccc(CCN)cc2F)n1. The summed E-state index contributed by atoms with van der Waals surface area (Å²) in [6.07, 6.45) is 0.663. The number of nitrogens with zero attached hydrogens (tertiary/aromatic N) is 1. The van der Waals surface area contributed by atoms with E-state index < -0.39 is 0 Å². The smallest absolute Gasteiger partial charge is 0.165 e. The third kappa shape index (κ3) is 3.76. The molecule has 0 saturated carbocycles. The molecule has 0 aliphatic rings. The topological polar surface area (TPSA) is 48.1 Å². The van der Waals surface area contributed by atoms with Crippen molar-refractivity contribution in [2.24, 2.45) is 5.73 Å². The van der Waals surface area contributed by atoms with Crippen molar-refractivity contribution in [3.8, 4) is 5.75 Å². The summed E-state index contributed by atoms with van der Waals surface area (Å²) in [6, 6.07) is 10.6. The number of pyridine rings is 1. The Labute approximate surface area is 112 Å². The molecule has 3 nitrogen and oxygen atoms in total. The van der Waals surface area contributed by atoms with Crippen molar-refractivity contribution in [1.82, 2.24) is 4.98 Å². The van der Waals surface area contributed by atoms with Gasteiger partial charge in [0.25, 0.3) is 0 Å². The summed E-state index contributed by atoms with van der Waals surface area (Å²) in [7, 11) is 0. The number of aryl methyl sites for hydroxylation is 1. The maximum atomic E-state index is 13.8. The number of benzene rings is 1. The standard InChI is InChI=1S/C15H17FN2O/c1-11-3-2-4-13(18-11)10-19-15-6-5-12(7-8-17)9-14(15)16/h2-6,9H,7-8,10,17H2,1H3. The van der Waals surface area contributed by atoms with Crippen LogP contribution in [0.2, 0.25) is 0 Å². The van der Waals surface area contributed by atoms with Crippen molar-refractivity contribution in [2.75, 3.05) is 6.54 Å². The zero-order chi connectivity index (χ0) is 13.7. The molecule has 19 heavy (non-hydrogen) atoms. The van der Waals surface area contributed by atoms with Crippen LogP contribution in [0.15, 0.2) is 36.4 Å². The highest BCUT2D eigenvalue weighted by molar-refractivity contribution is 5.29. The van der Waals surface area contributed by atoms with Gasteiger partial charge >= 0.3 is 0 Å². The molecule has 4 heteroatoms. The lowest BCUT2D eigenvalue weighted by Gasteiger charge is -2.08. The van der Waals surface area contributed by atoms with E-state index in [1.807, 2.05) is 31.2 Å². The van der Waals surface area contributed by atoms with Crippen LogP contribution in [0.3, 0.4) is 0 Å². The summed E-state index contributed by atoms with van der Waals surface area (Å²) < 4.78 is 19.2. The van der Waals surface area contributed by atoms with Gasteiger partial charge in [0, 0.05) is 5.69 Å². The van der Waals surface area contributed by atoms with E-state index in [1.165, 1.54) is 6.07 Å². The third-order valence-electron chi connectivity index (χ3n) is 2.75. The minimum Gasteiger partial charge on any atom is -0.484 e. The van der Waals surface area contributed by atoms with Crippen LogP contribution in [0, 0.1) is 12.7 Å². The number of halogens is 1. The Bertz CT molecular complexity index is 558. The van der Waals surface area contributed by atoms with Gasteiger partial charge in [0.05, 0.1) is 5.69 Å². The van der Waals surface area contributed by atoms with Crippen LogP contribution in [-0.2, 0) is 13.0 Å². The first-order valence-electron chi connectivity index (χ1n) is 6.23. The van der Waals surface area contributed by atoms with Crippen LogP contribution in [0.1, 0.15) is 17.0 Å². The van der Waals surface area contributed by atoms with Gasteiger partial charge in [-0.1, -0.05) is 12.1 Å². The average Bonchev–Trinajstić information content (AvgIpc) is 2.38. The summed E-state index contributed by atoms with van der Waals surface area (Å²) in [5.41, 5.74) is 8.01. The van der Waals surface area contributed by atoms with Gasteiger partial charge in [0.1, 0.15) is 6.61 Å². The van der Waals surface area contributed by atoms with Crippen LogP contribution >= 0.6 is 0 Å². The largest absolute Gasteiger partial charge is 0.484 e. The second kappa shape index (κ2) is 6.29. The van der Waals surface area contributed by atoms with Crippen LogP contribution in [-0.4, -0.2) is 11.5 Å². The second-order valence-electron chi connectivity index (χ2n) is 4.36. The fourth-order valence-electron chi connectivity index (χ4n) is 1.82. The molecular weight excluding hydrogens is 243 g/mol. The molecule has 1 aromatic carbocycles. The van der Waals surface area contributed by atoms with Gasteiger partial charge in [-0.15, -0.1) is 0 Å². The van der Waals surface area contributed by atoms with E-state index in [0.717, 1.165) is 17.0 Å². The lowest BCUT2D eigenvalue weighted by atomic mass is 10.1. The Morgan fingerprint density at radius 1 is 1.26 bits per heavy atom. The maximum Gasteiger partial charge on any atom is 0.165 e. The molecule has 0 saturated heterocycles. The molecule has 1 aromatic heterocycles. The van der Waals surface area contributed by atoms with Gasteiger partial charge in [-0.25, -0.2) is 4.39 Å². The molecule has 0 atom stereocenters. The molecule has 0 aliphatic carbocycles. The minimum absolute atomic E-state index is 0.240. The van der Waals surface area contributed by atoms with Gasteiger partial charge in [-0.05, 0) is 49.7 Å². The van der Waals surface area contributed by atoms with Gasteiger partial charge in [-0.2, -0.15) is 0 Å². The minimum atomic E-state index is -0.362. The van der Waals surface area contributed by atoms with Crippen molar-refractivity contribution in [1.29, 1.82) is 0 Å². The van der Waals surface area contributed by atoms with Gasteiger partial charge in [0.15, 0.2) is 11.6 Å². The molecule has 2 aromatic rings. The van der Waals surface area contributed by atoms with Crippen molar-refractivity contribution in [3.05, 3.63) is 59.2 Å². The lowest BCUT2D eigenvalue weighted by Crippen LogP contribution is -2.04. The molecule has 0 fully saturated rings. The second-order valence-corrected chi connectivity index (χ2v) is 4.36. The van der Waals surface area contributed by atoms with Crippen molar-refractivity contribution >= 4 is 0 Å². The summed E-state index contributed by atoms with van der Waals surface area (Å²) in [6.45, 7) is 2.67. The number of nitrogens with two attached hydrogens (primary N) is 1. The molecule has 2 N–H and O–H groups in total. The quantitative estimate of drug-likeness (QED) is 0.899. The van der Waals surface area contributed by atoms with Crippen LogP contribution < -0.4 is 10.5 Å². The number of hydrogen-bond donors (Lipinski definition) is 1. The van der Waals surface area contributed by atoms with Gasteiger partial charge in [0.2, 0.25) is 0 Å². The van der Waals surface area contributed by atoms with E-state index in [4.69, 9.17) is 10.5 Å². The van der Waals surface area contributed by atoms with Crippen molar-refractivity contribution in [2.45, 2.75) is 20.0 Å². The van der Waals surface area contributed by atoms with Crippen molar-refractivity contribution < 1.29 is 9.13 Å². The molecule has 0 spiro atoms. The number of aromatic nitrogens is 1. The van der Waals surface area contributed by atoms with Gasteiger partial charge in [-0.3, -0.25) is 4.98 Å². The van der Waals surface area contributed by atoms with Crippen molar-refractivity contribution in [3.63, 3.8) is 0 Å². The molecule has 0 amide bonds. The molecule has 2 rings (SSSR count). The molecule has 1 heterocycles. The van der Waals surface area contributed by atoms with Crippen LogP contribution in [0.4, 0.5) is 4.39 Å². The average molecular weight is 260 g/mol. The fraction of sp³-hybridized carbons (Fsp3) is 0.267. The predicted octanol–water partition coefficient (Wildman–Crippen LogP) is 2.61. The number of ether oxygens (including phenoxy) is 1. The van der Waals surface area contributed by atoms with Gasteiger partial charge < -0.3 is 10.5 Å². The Hall–Kier alpha value is -1.94. The number of hydrogen-bond acceptors (Lipinski definition) is 3. The van der Waals surface area contributed by atoms with E-state index >= 15 is 0 Å². The first kappa shape index (κ1) is 13.5. The normalized spacial score (nSPS) is 10.5. The van der Waals surface area contributed by atoms with Crippen LogP contribution in [0.25, 0.3) is 0 Å². The van der Waals surface area contributed by atoms with E-state index in [0.29, 0.717) is 13.0 Å². The summed E-state index contributed by atoms with van der Waals surface area (Å²) >= 11 is 0. The summed E-state index contributed by atoms with van der Waals surface area (Å²) in [5.74, 6) is -0.123. The third-order valence-corrected chi connectivity index (χ3v) is 2.75. The highest BCUT2D eigenvalue weighted by Gasteiger charge is 2.05. The predicted molar refractivity (Wildman–Crippen MR) is 72.5 cm³/mol. The molecule has 100 valence electrons. The maximum absolute atomic E-state index is 13.8. The lowest BCUT2D eigenvalue weighted by molar-refractivity contribution is 0.285. The summed E-state index contributed by atoms with van der Waals surface area (Å²) in [5, 5.41) is 0. The Morgan fingerprint density at radius 2 is 2.11 bits per heavy atom. The Balaban J connectivity index is 2.03. The molecule has 0 bridgehead atoms. The van der Waals surface area contributed by atoms with E-state index in [1.54, 1.807) is 6.07 Å². The highest BCUT2D eigenvalue weighted by Crippen LogP contribution is 2.19. The zero-order valence-corrected chi connectivity index (χ0v) is 10.9. The molecule has 0 unspecified atom stereocenters. The van der Waals surface area contributed by atoms with Crippen LogP contribution in [0.5, 0.6) is 5.75 Å². The zero-order valence-electron chi connectivity index (χ0n) is 10.9. The molecule has 0 aliphatic heterocycles. The first-order valence-corrected chi connectivity index (χ1v) is 6.23. The molecular formula is C15H17FN2O. The van der Waals surface area contributed by atoms with E-state index in [9.17, 15) is 4.39 Å². The van der Waals surface area contributed by atoms with E-state index in [2.05, 4.69) is 4.98 Å². The number of rotatable bonds is 5. The Morgan fingerprint density at radius 3 is 2.79 bits per heavy atom. The summed E-state index contributed by atoms with van der Waals surface area (Å²) in [4.78, 5) is 4.30. The Kier molecular flexibility index (Phi) is 4.47. The molecule has 0 radical (unpaired) electrons. The first-order chi connectivity index (χ1) is 9.19. The monoisotopic (exact) mass is 260 g/mol. The highest BCUT2D eigenvalue weighted by atomic mass is 19.1. The van der Waals surface area contributed by atoms with E-state index in [-0.39, 0.29) is 18.2 Å². The fourth-order valence-corrected chi connectivity index (χ4v) is 1.82.